The van der Waals surface area contributed by atoms with Crippen LogP contribution in [0.25, 0.3) is 0 Å². The lowest BCUT2D eigenvalue weighted by Gasteiger charge is -2.39. The molecule has 0 amide bonds. The van der Waals surface area contributed by atoms with Crippen molar-refractivity contribution in [2.24, 2.45) is 0 Å². The summed E-state index contributed by atoms with van der Waals surface area (Å²) in [4.78, 5) is 4.58. The van der Waals surface area contributed by atoms with Crippen molar-refractivity contribution in [3.8, 4) is 0 Å². The number of nitrogens with zero attached hydrogens (tertiary/aromatic N) is 2. The standard InChI is InChI=1S/C9H16N2O/c1-10-5-3-4-8-9(10)11(2)6-7-12-8/h3-7H2,1-2H3. The van der Waals surface area contributed by atoms with Gasteiger partial charge in [-0.05, 0) is 6.42 Å². The number of allylic oxidation sites excluding steroid dienone is 1. The van der Waals surface area contributed by atoms with E-state index >= 15 is 0 Å². The van der Waals surface area contributed by atoms with Crippen LogP contribution in [0.1, 0.15) is 12.8 Å². The molecule has 0 N–H and O–H groups in total. The highest BCUT2D eigenvalue weighted by molar-refractivity contribution is 5.11. The summed E-state index contributed by atoms with van der Waals surface area (Å²) in [6, 6.07) is 0. The maximum absolute atomic E-state index is 5.62. The van der Waals surface area contributed by atoms with Crippen molar-refractivity contribution >= 4 is 0 Å². The molecular weight excluding hydrogens is 152 g/mol. The van der Waals surface area contributed by atoms with Gasteiger partial charge in [0.25, 0.3) is 0 Å². The van der Waals surface area contributed by atoms with E-state index in [4.69, 9.17) is 4.74 Å². The van der Waals surface area contributed by atoms with E-state index in [1.807, 2.05) is 0 Å². The summed E-state index contributed by atoms with van der Waals surface area (Å²) in [6.07, 6.45) is 2.34. The Labute approximate surface area is 73.6 Å². The summed E-state index contributed by atoms with van der Waals surface area (Å²) >= 11 is 0. The van der Waals surface area contributed by atoms with Gasteiger partial charge >= 0.3 is 0 Å². The lowest BCUT2D eigenvalue weighted by Crippen LogP contribution is -2.40. The van der Waals surface area contributed by atoms with Gasteiger partial charge in [-0.1, -0.05) is 0 Å². The number of ether oxygens (including phenoxy) is 1. The Kier molecular flexibility index (Phi) is 1.87. The average Bonchev–Trinajstić information content (AvgIpc) is 2.04. The van der Waals surface area contributed by atoms with Crippen molar-refractivity contribution in [3.05, 3.63) is 11.6 Å². The van der Waals surface area contributed by atoms with Gasteiger partial charge in [0, 0.05) is 27.1 Å². The third kappa shape index (κ3) is 1.13. The molecule has 2 aliphatic heterocycles. The highest BCUT2D eigenvalue weighted by atomic mass is 16.5. The predicted molar refractivity (Wildman–Crippen MR) is 47.5 cm³/mol. The Morgan fingerprint density at radius 1 is 1.17 bits per heavy atom. The largest absolute Gasteiger partial charge is 0.492 e. The minimum absolute atomic E-state index is 0.850. The SMILES string of the molecule is CN1CCCC2=C1N(C)CCO2. The maximum Gasteiger partial charge on any atom is 0.142 e. The van der Waals surface area contributed by atoms with E-state index in [1.165, 1.54) is 18.0 Å². The Balaban J connectivity index is 2.27. The zero-order chi connectivity index (χ0) is 8.55. The molecule has 3 heteroatoms. The molecule has 2 heterocycles. The van der Waals surface area contributed by atoms with E-state index in [0.717, 1.165) is 26.1 Å². The molecule has 0 aromatic rings. The molecular formula is C9H16N2O. The summed E-state index contributed by atoms with van der Waals surface area (Å²) in [5.41, 5.74) is 0. The van der Waals surface area contributed by atoms with E-state index in [0.29, 0.717) is 0 Å². The zero-order valence-corrected chi connectivity index (χ0v) is 7.84. The van der Waals surface area contributed by atoms with Crippen LogP contribution in [-0.4, -0.2) is 43.6 Å². The molecule has 0 spiro atoms. The predicted octanol–water partition coefficient (Wildman–Crippen LogP) is 0.843. The quantitative estimate of drug-likeness (QED) is 0.533. The van der Waals surface area contributed by atoms with Crippen LogP contribution in [0.5, 0.6) is 0 Å². The average molecular weight is 168 g/mol. The third-order valence-electron chi connectivity index (χ3n) is 2.57. The van der Waals surface area contributed by atoms with Gasteiger partial charge in [0.15, 0.2) is 0 Å². The number of likely N-dealkylation sites (N-methyl/N-ethyl adjacent to an activating group) is 1. The molecule has 0 aliphatic carbocycles. The van der Waals surface area contributed by atoms with E-state index in [-0.39, 0.29) is 0 Å². The van der Waals surface area contributed by atoms with Gasteiger partial charge in [-0.15, -0.1) is 0 Å². The number of hydrogen-bond acceptors (Lipinski definition) is 3. The Morgan fingerprint density at radius 2 is 1.92 bits per heavy atom. The van der Waals surface area contributed by atoms with Gasteiger partial charge in [-0.3, -0.25) is 0 Å². The molecule has 0 saturated carbocycles. The first kappa shape index (κ1) is 7.77. The smallest absolute Gasteiger partial charge is 0.142 e. The molecule has 2 aliphatic rings. The van der Waals surface area contributed by atoms with Crippen LogP contribution in [0.2, 0.25) is 0 Å². The molecule has 68 valence electrons. The van der Waals surface area contributed by atoms with E-state index in [2.05, 4.69) is 23.9 Å². The lowest BCUT2D eigenvalue weighted by molar-refractivity contribution is 0.0846. The monoisotopic (exact) mass is 168 g/mol. The first-order valence-electron chi connectivity index (χ1n) is 4.57. The van der Waals surface area contributed by atoms with Crippen LogP contribution in [-0.2, 0) is 4.74 Å². The second-order valence-electron chi connectivity index (χ2n) is 3.54. The normalized spacial score (nSPS) is 23.8. The molecule has 0 unspecified atom stereocenters. The topological polar surface area (TPSA) is 15.7 Å². The molecule has 0 radical (unpaired) electrons. The molecule has 0 atom stereocenters. The van der Waals surface area contributed by atoms with Gasteiger partial charge in [-0.2, -0.15) is 0 Å². The minimum atomic E-state index is 0.850. The minimum Gasteiger partial charge on any atom is -0.492 e. The van der Waals surface area contributed by atoms with Crippen molar-refractivity contribution < 1.29 is 4.74 Å². The van der Waals surface area contributed by atoms with Crippen LogP contribution >= 0.6 is 0 Å². The summed E-state index contributed by atoms with van der Waals surface area (Å²) < 4.78 is 5.62. The van der Waals surface area contributed by atoms with Gasteiger partial charge < -0.3 is 14.5 Å². The first-order chi connectivity index (χ1) is 5.79. The van der Waals surface area contributed by atoms with Gasteiger partial charge in [0.05, 0.1) is 6.54 Å². The Morgan fingerprint density at radius 3 is 2.67 bits per heavy atom. The molecule has 12 heavy (non-hydrogen) atoms. The van der Waals surface area contributed by atoms with Gasteiger partial charge in [0.1, 0.15) is 18.2 Å². The molecule has 2 rings (SSSR count). The van der Waals surface area contributed by atoms with E-state index < -0.39 is 0 Å². The zero-order valence-electron chi connectivity index (χ0n) is 7.84. The highest BCUT2D eigenvalue weighted by Gasteiger charge is 2.24. The number of hydrogen-bond donors (Lipinski definition) is 0. The molecule has 0 saturated heterocycles. The van der Waals surface area contributed by atoms with Crippen molar-refractivity contribution in [2.45, 2.75) is 12.8 Å². The number of rotatable bonds is 0. The van der Waals surface area contributed by atoms with Gasteiger partial charge in [0.2, 0.25) is 0 Å². The van der Waals surface area contributed by atoms with Crippen LogP contribution in [0.4, 0.5) is 0 Å². The fourth-order valence-corrected chi connectivity index (χ4v) is 1.96. The summed E-state index contributed by atoms with van der Waals surface area (Å²) in [7, 11) is 4.28. The summed E-state index contributed by atoms with van der Waals surface area (Å²) in [5, 5.41) is 0. The fourth-order valence-electron chi connectivity index (χ4n) is 1.96. The molecule has 0 bridgehead atoms. The fraction of sp³-hybridized carbons (Fsp3) is 0.778. The maximum atomic E-state index is 5.62. The Hall–Kier alpha value is -0.860. The second-order valence-corrected chi connectivity index (χ2v) is 3.54. The summed E-state index contributed by atoms with van der Waals surface area (Å²) in [5.74, 6) is 2.49. The van der Waals surface area contributed by atoms with Crippen molar-refractivity contribution in [1.29, 1.82) is 0 Å². The van der Waals surface area contributed by atoms with Crippen LogP contribution < -0.4 is 0 Å². The van der Waals surface area contributed by atoms with E-state index in [9.17, 15) is 0 Å². The summed E-state index contributed by atoms with van der Waals surface area (Å²) in [6.45, 7) is 3.03. The van der Waals surface area contributed by atoms with Crippen molar-refractivity contribution in [2.75, 3.05) is 33.8 Å². The van der Waals surface area contributed by atoms with E-state index in [1.54, 1.807) is 0 Å². The second kappa shape index (κ2) is 2.88. The molecule has 3 nitrogen and oxygen atoms in total. The van der Waals surface area contributed by atoms with Crippen LogP contribution in [0, 0.1) is 0 Å². The molecule has 0 aromatic heterocycles. The van der Waals surface area contributed by atoms with Crippen LogP contribution in [0.3, 0.4) is 0 Å². The third-order valence-corrected chi connectivity index (χ3v) is 2.57. The highest BCUT2D eigenvalue weighted by Crippen LogP contribution is 2.26. The first-order valence-corrected chi connectivity index (χ1v) is 4.57. The Bertz CT molecular complexity index is 193. The lowest BCUT2D eigenvalue weighted by atomic mass is 10.1. The van der Waals surface area contributed by atoms with Crippen LogP contribution in [0.15, 0.2) is 11.6 Å². The van der Waals surface area contributed by atoms with Crippen molar-refractivity contribution in [1.82, 2.24) is 9.80 Å². The molecule has 0 aromatic carbocycles. The van der Waals surface area contributed by atoms with Gasteiger partial charge in [-0.25, -0.2) is 0 Å². The molecule has 0 fully saturated rings. The van der Waals surface area contributed by atoms with Crippen molar-refractivity contribution in [3.63, 3.8) is 0 Å².